The van der Waals surface area contributed by atoms with Crippen LogP contribution < -0.4 is 21.9 Å². The number of aryl methyl sites for hydroxylation is 1. The molecule has 0 bridgehead atoms. The van der Waals surface area contributed by atoms with E-state index >= 15 is 0 Å². The van der Waals surface area contributed by atoms with Gasteiger partial charge in [0.2, 0.25) is 5.91 Å². The van der Waals surface area contributed by atoms with Crippen LogP contribution in [0.15, 0.2) is 51.1 Å². The van der Waals surface area contributed by atoms with Crippen molar-refractivity contribution in [3.8, 4) is 11.3 Å². The maximum absolute atomic E-state index is 13.3. The maximum atomic E-state index is 13.3. The third kappa shape index (κ3) is 6.58. The van der Waals surface area contributed by atoms with Crippen LogP contribution in [0.5, 0.6) is 0 Å². The minimum absolute atomic E-state index is 0.0381. The van der Waals surface area contributed by atoms with Gasteiger partial charge in [0.25, 0.3) is 5.56 Å². The van der Waals surface area contributed by atoms with E-state index in [-0.39, 0.29) is 42.2 Å². The van der Waals surface area contributed by atoms with Crippen molar-refractivity contribution in [3.05, 3.63) is 62.9 Å². The van der Waals surface area contributed by atoms with E-state index in [4.69, 9.17) is 10.5 Å². The van der Waals surface area contributed by atoms with Crippen molar-refractivity contribution in [2.24, 2.45) is 5.92 Å². The lowest BCUT2D eigenvalue weighted by molar-refractivity contribution is -0.116. The highest BCUT2D eigenvalue weighted by molar-refractivity contribution is 7.99. The summed E-state index contributed by atoms with van der Waals surface area (Å²) in [5.74, 6) is -0.376. The zero-order valence-electron chi connectivity index (χ0n) is 20.3. The van der Waals surface area contributed by atoms with E-state index in [1.165, 1.54) is 16.6 Å². The number of anilines is 2. The van der Waals surface area contributed by atoms with Crippen molar-refractivity contribution in [1.82, 2.24) is 19.5 Å². The van der Waals surface area contributed by atoms with Gasteiger partial charge in [-0.15, -0.1) is 0 Å². The molecule has 0 atom stereocenters. The van der Waals surface area contributed by atoms with Crippen LogP contribution in [0.4, 0.5) is 11.5 Å². The van der Waals surface area contributed by atoms with Gasteiger partial charge in [0.05, 0.1) is 18.1 Å². The van der Waals surface area contributed by atoms with Crippen molar-refractivity contribution in [3.63, 3.8) is 0 Å². The van der Waals surface area contributed by atoms with Crippen LogP contribution >= 0.6 is 11.8 Å². The van der Waals surface area contributed by atoms with Crippen molar-refractivity contribution < 1.29 is 9.53 Å². The van der Waals surface area contributed by atoms with E-state index in [1.807, 2.05) is 57.2 Å². The van der Waals surface area contributed by atoms with E-state index in [9.17, 15) is 14.4 Å². The van der Waals surface area contributed by atoms with E-state index in [0.717, 1.165) is 28.7 Å². The lowest BCUT2D eigenvalue weighted by Gasteiger charge is -2.24. The van der Waals surface area contributed by atoms with Crippen LogP contribution in [-0.4, -0.2) is 51.4 Å². The van der Waals surface area contributed by atoms with Crippen LogP contribution in [0.25, 0.3) is 11.3 Å². The van der Waals surface area contributed by atoms with Gasteiger partial charge in [-0.25, -0.2) is 14.8 Å². The second kappa shape index (κ2) is 11.8. The zero-order valence-corrected chi connectivity index (χ0v) is 21.1. The Labute approximate surface area is 207 Å². The van der Waals surface area contributed by atoms with Crippen molar-refractivity contribution in [2.45, 2.75) is 32.5 Å². The minimum atomic E-state index is -0.722. The number of benzene rings is 1. The molecule has 0 saturated heterocycles. The average molecular weight is 499 g/mol. The molecule has 2 aromatic heterocycles. The largest absolute Gasteiger partial charge is 0.383 e. The van der Waals surface area contributed by atoms with E-state index in [0.29, 0.717) is 11.7 Å². The molecule has 0 fully saturated rings. The summed E-state index contributed by atoms with van der Waals surface area (Å²) in [6.07, 6.45) is 0. The molecule has 3 rings (SSSR count). The molecule has 0 aliphatic carbocycles. The summed E-state index contributed by atoms with van der Waals surface area (Å²) in [5.41, 5.74) is 7.30. The summed E-state index contributed by atoms with van der Waals surface area (Å²) in [6.45, 7) is 6.28. The molecule has 35 heavy (non-hydrogen) atoms. The predicted octanol–water partition coefficient (Wildman–Crippen LogP) is 2.31. The number of hydrogen-bond acceptors (Lipinski definition) is 8. The molecule has 10 nitrogen and oxygen atoms in total. The number of nitrogen functional groups attached to an aromatic ring is 1. The number of hydrogen-bond donors (Lipinski definition) is 2. The van der Waals surface area contributed by atoms with Crippen LogP contribution in [0.3, 0.4) is 0 Å². The highest BCUT2D eigenvalue weighted by Crippen LogP contribution is 2.23. The minimum Gasteiger partial charge on any atom is -0.383 e. The predicted molar refractivity (Wildman–Crippen MR) is 138 cm³/mol. The molecule has 0 unspecified atom stereocenters. The van der Waals surface area contributed by atoms with Crippen molar-refractivity contribution in [2.75, 3.05) is 36.6 Å². The molecule has 0 spiro atoms. The average Bonchev–Trinajstić information content (AvgIpc) is 2.82. The van der Waals surface area contributed by atoms with Gasteiger partial charge in [-0.1, -0.05) is 55.9 Å². The SMILES string of the molecule is COCCN(C(=O)CSc1nc(C)cc(-c2ccccc2)n1)c1c(N)n(CC(C)C)c(=O)[nH]c1=O. The number of nitrogens with two attached hydrogens (primary N) is 1. The second-order valence-corrected chi connectivity index (χ2v) is 9.31. The number of aromatic amines is 1. The molecule has 0 aliphatic heterocycles. The Balaban J connectivity index is 1.89. The van der Waals surface area contributed by atoms with Gasteiger partial charge in [-0.3, -0.25) is 19.1 Å². The summed E-state index contributed by atoms with van der Waals surface area (Å²) in [5, 5.41) is 0.440. The van der Waals surface area contributed by atoms with Gasteiger partial charge in [-0.05, 0) is 18.9 Å². The Morgan fingerprint density at radius 1 is 1.23 bits per heavy atom. The van der Waals surface area contributed by atoms with Gasteiger partial charge in [0, 0.05) is 31.5 Å². The third-order valence-electron chi connectivity index (χ3n) is 5.08. The van der Waals surface area contributed by atoms with Gasteiger partial charge >= 0.3 is 5.69 Å². The van der Waals surface area contributed by atoms with Gasteiger partial charge in [0.15, 0.2) is 10.8 Å². The van der Waals surface area contributed by atoms with Crippen LogP contribution in [-0.2, 0) is 16.1 Å². The zero-order chi connectivity index (χ0) is 25.5. The Kier molecular flexibility index (Phi) is 8.83. The van der Waals surface area contributed by atoms with Crippen LogP contribution in [0.1, 0.15) is 19.5 Å². The molecular formula is C24H30N6O4S. The summed E-state index contributed by atoms with van der Waals surface area (Å²) in [6, 6.07) is 11.6. The summed E-state index contributed by atoms with van der Waals surface area (Å²) in [7, 11) is 1.50. The number of nitrogens with one attached hydrogen (secondary N) is 1. The first-order chi connectivity index (χ1) is 16.7. The Morgan fingerprint density at radius 3 is 2.60 bits per heavy atom. The molecule has 11 heteroatoms. The number of rotatable bonds is 10. The molecule has 3 N–H and O–H groups in total. The summed E-state index contributed by atoms with van der Waals surface area (Å²) < 4.78 is 6.41. The Bertz CT molecular complexity index is 1290. The molecule has 0 aliphatic rings. The number of carbonyl (C=O) groups is 1. The number of aromatic nitrogens is 4. The quantitative estimate of drug-likeness (QED) is 0.321. The number of nitrogens with zero attached hydrogens (tertiary/aromatic N) is 4. The highest BCUT2D eigenvalue weighted by Gasteiger charge is 2.25. The topological polar surface area (TPSA) is 136 Å². The number of H-pyrrole nitrogens is 1. The smallest absolute Gasteiger partial charge is 0.330 e. The maximum Gasteiger partial charge on any atom is 0.330 e. The fraction of sp³-hybridized carbons (Fsp3) is 0.375. The van der Waals surface area contributed by atoms with Crippen LogP contribution in [0, 0.1) is 12.8 Å². The fourth-order valence-electron chi connectivity index (χ4n) is 3.50. The monoisotopic (exact) mass is 498 g/mol. The lowest BCUT2D eigenvalue weighted by atomic mass is 10.1. The number of methoxy groups -OCH3 is 1. The first kappa shape index (κ1) is 26.2. The molecule has 3 aromatic rings. The van der Waals surface area contributed by atoms with E-state index in [2.05, 4.69) is 15.0 Å². The fourth-order valence-corrected chi connectivity index (χ4v) is 4.28. The van der Waals surface area contributed by atoms with Crippen LogP contribution in [0.2, 0.25) is 0 Å². The Morgan fingerprint density at radius 2 is 1.94 bits per heavy atom. The lowest BCUT2D eigenvalue weighted by Crippen LogP contribution is -2.43. The summed E-state index contributed by atoms with van der Waals surface area (Å²) >= 11 is 1.16. The normalized spacial score (nSPS) is 11.1. The number of amides is 1. The highest BCUT2D eigenvalue weighted by atomic mass is 32.2. The first-order valence-electron chi connectivity index (χ1n) is 11.2. The standard InChI is InChI=1S/C24H30N6O4S/c1-15(2)13-30-21(25)20(22(32)28-24(30)33)29(10-11-34-4)19(31)14-35-23-26-16(3)12-18(27-23)17-8-6-5-7-9-17/h5-9,12,15H,10-11,13-14,25H2,1-4H3,(H,28,32,33). The van der Waals surface area contributed by atoms with E-state index < -0.39 is 11.2 Å². The van der Waals surface area contributed by atoms with Crippen molar-refractivity contribution >= 4 is 29.2 Å². The van der Waals surface area contributed by atoms with Gasteiger partial charge in [-0.2, -0.15) is 0 Å². The first-order valence-corrected chi connectivity index (χ1v) is 12.2. The number of carbonyl (C=O) groups excluding carboxylic acids is 1. The van der Waals surface area contributed by atoms with E-state index in [1.54, 1.807) is 0 Å². The molecule has 1 aromatic carbocycles. The molecule has 0 saturated carbocycles. The second-order valence-electron chi connectivity index (χ2n) is 8.37. The van der Waals surface area contributed by atoms with Gasteiger partial charge in [0.1, 0.15) is 5.82 Å². The third-order valence-corrected chi connectivity index (χ3v) is 5.91. The summed E-state index contributed by atoms with van der Waals surface area (Å²) in [4.78, 5) is 50.9. The molecule has 2 heterocycles. The molecule has 0 radical (unpaired) electrons. The molecule has 186 valence electrons. The molecular weight excluding hydrogens is 468 g/mol. The van der Waals surface area contributed by atoms with Gasteiger partial charge < -0.3 is 15.4 Å². The Hall–Kier alpha value is -3.44. The molecule has 1 amide bonds. The number of thioether (sulfide) groups is 1. The number of ether oxygens (including phenoxy) is 1. The van der Waals surface area contributed by atoms with Crippen molar-refractivity contribution in [1.29, 1.82) is 0 Å².